The molecule has 1 N–H and O–H groups in total. The first-order valence-electron chi connectivity index (χ1n) is 15.5. The molecule has 3 aliphatic heterocycles. The van der Waals surface area contributed by atoms with Crippen LogP contribution >= 0.6 is 0 Å². The molecule has 2 atom stereocenters. The third kappa shape index (κ3) is 5.95. The molecule has 0 bridgehead atoms. The van der Waals surface area contributed by atoms with Crippen LogP contribution in [0.2, 0.25) is 0 Å². The third-order valence-electron chi connectivity index (χ3n) is 8.92. The van der Waals surface area contributed by atoms with Gasteiger partial charge in [0.2, 0.25) is 15.0 Å². The molecule has 3 aliphatic rings. The lowest BCUT2D eigenvalue weighted by atomic mass is 9.80. The van der Waals surface area contributed by atoms with Crippen molar-refractivity contribution in [3.63, 3.8) is 0 Å². The lowest BCUT2D eigenvalue weighted by Gasteiger charge is -2.44. The molecule has 2 aromatic heterocycles. The maximum atomic E-state index is 12.9. The summed E-state index contributed by atoms with van der Waals surface area (Å²) in [6.45, 7) is 9.20. The topological polar surface area (TPSA) is 160 Å². The van der Waals surface area contributed by atoms with Gasteiger partial charge in [0.05, 0.1) is 37.3 Å². The summed E-state index contributed by atoms with van der Waals surface area (Å²) in [5.41, 5.74) is 2.77. The third-order valence-corrected chi connectivity index (χ3v) is 9.77. The monoisotopic (exact) mass is 667 g/mol. The molecule has 252 valence electrons. The Hall–Kier alpha value is -4.08. The Kier molecular flexibility index (Phi) is 8.08. The minimum atomic E-state index is -3.80. The van der Waals surface area contributed by atoms with E-state index in [9.17, 15) is 23.1 Å². The number of ether oxygens (including phenoxy) is 2. The number of benzene rings is 1. The van der Waals surface area contributed by atoms with Gasteiger partial charge in [0.25, 0.3) is 5.91 Å². The quantitative estimate of drug-likeness (QED) is 0.406. The maximum Gasteiger partial charge on any atom is 0.412 e. The van der Waals surface area contributed by atoms with Crippen LogP contribution in [0.4, 0.5) is 16.3 Å². The number of carbonyl (C=O) groups is 2. The molecule has 0 radical (unpaired) electrons. The Morgan fingerprint density at radius 2 is 1.87 bits per heavy atom. The summed E-state index contributed by atoms with van der Waals surface area (Å²) in [6.07, 6.45) is 0.636. The summed E-state index contributed by atoms with van der Waals surface area (Å²) in [6, 6.07) is 7.27. The van der Waals surface area contributed by atoms with E-state index in [1.54, 1.807) is 26.2 Å². The van der Waals surface area contributed by atoms with Crippen molar-refractivity contribution in [1.29, 1.82) is 0 Å². The van der Waals surface area contributed by atoms with Gasteiger partial charge in [0.1, 0.15) is 11.4 Å². The van der Waals surface area contributed by atoms with Crippen molar-refractivity contribution < 1.29 is 32.6 Å². The summed E-state index contributed by atoms with van der Waals surface area (Å²) in [7, 11) is -0.447. The SMILES string of the molecule is C[C@@H]1OC[C@]2(Cc3nc(S(C)(=O)=O)nc(N4CCCn5nc(C(=O)N(C)C)cc5C4)c3CO2)c2cc(N(C(=O)O)C(C)(C)C)ccc21. The first-order valence-corrected chi connectivity index (χ1v) is 17.4. The minimum absolute atomic E-state index is 0.0815. The highest BCUT2D eigenvalue weighted by molar-refractivity contribution is 7.90. The fraction of sp³-hybridized carbons (Fsp3) is 0.531. The molecule has 15 heteroatoms. The molecule has 1 spiro atoms. The highest BCUT2D eigenvalue weighted by Gasteiger charge is 2.46. The zero-order chi connectivity index (χ0) is 34.1. The molecule has 14 nitrogen and oxygen atoms in total. The molecule has 3 aromatic rings. The molecule has 0 saturated carbocycles. The van der Waals surface area contributed by atoms with Crippen molar-refractivity contribution in [2.24, 2.45) is 0 Å². The molecule has 47 heavy (non-hydrogen) atoms. The van der Waals surface area contributed by atoms with E-state index in [0.29, 0.717) is 54.5 Å². The van der Waals surface area contributed by atoms with Crippen LogP contribution < -0.4 is 9.80 Å². The van der Waals surface area contributed by atoms with Crippen LogP contribution in [0.25, 0.3) is 0 Å². The van der Waals surface area contributed by atoms with Gasteiger partial charge in [0, 0.05) is 56.7 Å². The highest BCUT2D eigenvalue weighted by atomic mass is 32.2. The van der Waals surface area contributed by atoms with E-state index in [4.69, 9.17) is 9.47 Å². The highest BCUT2D eigenvalue weighted by Crippen LogP contribution is 2.47. The number of aromatic nitrogens is 4. The second kappa shape index (κ2) is 11.6. The van der Waals surface area contributed by atoms with Crippen LogP contribution in [0.3, 0.4) is 0 Å². The summed E-state index contributed by atoms with van der Waals surface area (Å²) in [5, 5.41) is 14.4. The number of anilines is 2. The van der Waals surface area contributed by atoms with E-state index in [1.165, 1.54) is 9.80 Å². The van der Waals surface area contributed by atoms with Gasteiger partial charge in [-0.25, -0.2) is 23.2 Å². The number of carbonyl (C=O) groups excluding carboxylic acids is 1. The molecule has 5 heterocycles. The zero-order valence-electron chi connectivity index (χ0n) is 27.8. The summed E-state index contributed by atoms with van der Waals surface area (Å²) in [4.78, 5) is 39.0. The van der Waals surface area contributed by atoms with E-state index >= 15 is 0 Å². The maximum absolute atomic E-state index is 12.9. The Morgan fingerprint density at radius 1 is 1.13 bits per heavy atom. The van der Waals surface area contributed by atoms with Crippen molar-refractivity contribution in [3.05, 3.63) is 58.0 Å². The van der Waals surface area contributed by atoms with Crippen molar-refractivity contribution in [2.45, 2.75) is 82.6 Å². The fourth-order valence-electron chi connectivity index (χ4n) is 6.63. The van der Waals surface area contributed by atoms with Crippen LogP contribution in [-0.2, 0) is 51.0 Å². The van der Waals surface area contributed by atoms with Gasteiger partial charge in [-0.1, -0.05) is 6.07 Å². The van der Waals surface area contributed by atoms with Crippen LogP contribution in [0, 0.1) is 0 Å². The fourth-order valence-corrected chi connectivity index (χ4v) is 7.16. The van der Waals surface area contributed by atoms with Gasteiger partial charge in [-0.05, 0) is 63.4 Å². The smallest absolute Gasteiger partial charge is 0.412 e. The average molecular weight is 668 g/mol. The van der Waals surface area contributed by atoms with E-state index in [2.05, 4.69) is 15.1 Å². The van der Waals surface area contributed by atoms with Crippen LogP contribution in [0.15, 0.2) is 29.4 Å². The molecule has 2 amide bonds. The predicted octanol–water partition coefficient (Wildman–Crippen LogP) is 3.53. The molecule has 0 saturated heterocycles. The van der Waals surface area contributed by atoms with Gasteiger partial charge in [0.15, 0.2) is 5.69 Å². The van der Waals surface area contributed by atoms with Crippen molar-refractivity contribution in [1.82, 2.24) is 24.6 Å². The molecular weight excluding hydrogens is 626 g/mol. The average Bonchev–Trinajstić information content (AvgIpc) is 3.27. The second-order valence-corrected chi connectivity index (χ2v) is 15.6. The number of fused-ring (bicyclic) bond motifs is 4. The largest absolute Gasteiger partial charge is 0.465 e. The van der Waals surface area contributed by atoms with Crippen LogP contribution in [-0.4, -0.2) is 89.2 Å². The van der Waals surface area contributed by atoms with E-state index in [1.807, 2.05) is 49.4 Å². The van der Waals surface area contributed by atoms with Crippen molar-refractivity contribution >= 4 is 33.3 Å². The number of hydrogen-bond donors (Lipinski definition) is 1. The summed E-state index contributed by atoms with van der Waals surface area (Å²) >= 11 is 0. The van der Waals surface area contributed by atoms with Crippen LogP contribution in [0.1, 0.15) is 78.8 Å². The standard InChI is InChI=1S/C32H41N7O7S/c1-19-22-10-9-20(39(30(41)42)31(2,3)4)13-24(22)32(18-45-19)15-26-23(17-46-32)27(34-29(33-26)47(7,43)44)37-11-8-12-38-21(16-37)14-25(35-38)28(40)36(5)6/h9-10,13-14,19H,8,11-12,15-18H2,1-7H3,(H,41,42)/t19-,32+/m0/s1. The number of nitrogens with zero attached hydrogens (tertiary/aromatic N) is 7. The first-order chi connectivity index (χ1) is 22.0. The van der Waals surface area contributed by atoms with E-state index < -0.39 is 27.1 Å². The Balaban J connectivity index is 1.43. The second-order valence-electron chi connectivity index (χ2n) is 13.7. The van der Waals surface area contributed by atoms with E-state index in [0.717, 1.165) is 23.1 Å². The number of sulfone groups is 1. The lowest BCUT2D eigenvalue weighted by molar-refractivity contribution is -0.148. The number of hydrogen-bond acceptors (Lipinski definition) is 10. The van der Waals surface area contributed by atoms with Gasteiger partial charge in [-0.2, -0.15) is 5.10 Å². The summed E-state index contributed by atoms with van der Waals surface area (Å²) < 4.78 is 40.6. The van der Waals surface area contributed by atoms with Gasteiger partial charge >= 0.3 is 6.09 Å². The number of rotatable bonds is 4. The van der Waals surface area contributed by atoms with Crippen LogP contribution in [0.5, 0.6) is 0 Å². The molecule has 6 rings (SSSR count). The number of amides is 2. The van der Waals surface area contributed by atoms with Gasteiger partial charge in [-0.3, -0.25) is 14.4 Å². The van der Waals surface area contributed by atoms with E-state index in [-0.39, 0.29) is 36.8 Å². The molecular formula is C32H41N7O7S. The number of carboxylic acid groups (broad SMARTS) is 1. The van der Waals surface area contributed by atoms with Gasteiger partial charge in [-0.15, -0.1) is 0 Å². The Bertz CT molecular complexity index is 1870. The number of aryl methyl sites for hydroxylation is 1. The van der Waals surface area contributed by atoms with Gasteiger partial charge < -0.3 is 24.4 Å². The summed E-state index contributed by atoms with van der Waals surface area (Å²) in [5.74, 6) is 0.264. The Morgan fingerprint density at radius 3 is 2.53 bits per heavy atom. The van der Waals surface area contributed by atoms with Crippen molar-refractivity contribution in [3.8, 4) is 0 Å². The molecule has 0 unspecified atom stereocenters. The predicted molar refractivity (Wildman–Crippen MR) is 172 cm³/mol. The zero-order valence-corrected chi connectivity index (χ0v) is 28.6. The normalized spacial score (nSPS) is 21.0. The molecule has 0 fully saturated rings. The Labute approximate surface area is 274 Å². The molecule has 1 aromatic carbocycles. The van der Waals surface area contributed by atoms with Crippen molar-refractivity contribution in [2.75, 3.05) is 43.3 Å². The minimum Gasteiger partial charge on any atom is -0.465 e. The first kappa shape index (κ1) is 32.8. The molecule has 0 aliphatic carbocycles. The lowest BCUT2D eigenvalue weighted by Crippen LogP contribution is -2.47.